The van der Waals surface area contributed by atoms with Gasteiger partial charge in [0, 0.05) is 24.6 Å². The van der Waals surface area contributed by atoms with Gasteiger partial charge in [-0.3, -0.25) is 9.63 Å². The number of fused-ring (bicyclic) bond motifs is 1. The minimum Gasteiger partial charge on any atom is -0.453 e. The Morgan fingerprint density at radius 1 is 0.726 bits per heavy atom. The fraction of sp³-hybridized carbons (Fsp3) is 0.340. The highest BCUT2D eigenvalue weighted by Crippen LogP contribution is 2.36. The first kappa shape index (κ1) is 40.8. The van der Waals surface area contributed by atoms with Crippen molar-refractivity contribution in [1.29, 1.82) is 0 Å². The Kier molecular flexibility index (Phi) is 12.0. The SMILES string of the molecule is COC(=O)N[C@@H](C(=O)N1CCC[C@H]1c1ncc(-c2ccc(-c3ccc4cc(-c5cnc([C@@H]6CCCN6OC[C@@H](NC(=O)OC)C6COC6)[nH]5)ccc4c3)cc2)[nH]1)c1ccccc1. The van der Waals surface area contributed by atoms with Gasteiger partial charge in [0.1, 0.15) is 17.7 Å². The first-order valence-electron chi connectivity index (χ1n) is 21.1. The lowest BCUT2D eigenvalue weighted by Crippen LogP contribution is -2.51. The summed E-state index contributed by atoms with van der Waals surface area (Å²) in [5, 5.41) is 9.83. The predicted octanol–water partition coefficient (Wildman–Crippen LogP) is 7.49. The van der Waals surface area contributed by atoms with Crippen molar-refractivity contribution in [3.63, 3.8) is 0 Å². The number of H-pyrrole nitrogens is 2. The van der Waals surface area contributed by atoms with Gasteiger partial charge in [0.2, 0.25) is 0 Å². The smallest absolute Gasteiger partial charge is 0.407 e. The van der Waals surface area contributed by atoms with Crippen LogP contribution in [0.5, 0.6) is 0 Å². The second kappa shape index (κ2) is 18.2. The molecule has 9 rings (SSSR count). The quantitative estimate of drug-likeness (QED) is 0.0912. The van der Waals surface area contributed by atoms with Crippen LogP contribution < -0.4 is 10.6 Å². The van der Waals surface area contributed by atoms with E-state index in [0.717, 1.165) is 82.5 Å². The van der Waals surface area contributed by atoms with Gasteiger partial charge in [-0.05, 0) is 70.8 Å². The van der Waals surface area contributed by atoms with Gasteiger partial charge in [0.15, 0.2) is 0 Å². The van der Waals surface area contributed by atoms with Crippen molar-refractivity contribution in [1.82, 2.24) is 40.5 Å². The summed E-state index contributed by atoms with van der Waals surface area (Å²) in [6, 6.07) is 29.2. The lowest BCUT2D eigenvalue weighted by atomic mass is 9.98. The molecule has 6 aromatic rings. The molecule has 3 fully saturated rings. The third kappa shape index (κ3) is 8.64. The molecule has 0 radical (unpaired) electrons. The van der Waals surface area contributed by atoms with E-state index < -0.39 is 18.2 Å². The average molecular weight is 839 g/mol. The Labute approximate surface area is 359 Å². The number of aromatic amines is 2. The van der Waals surface area contributed by atoms with Crippen LogP contribution in [0.25, 0.3) is 44.4 Å². The highest BCUT2D eigenvalue weighted by molar-refractivity contribution is 5.91. The topological polar surface area (TPSA) is 176 Å². The van der Waals surface area contributed by atoms with E-state index in [9.17, 15) is 14.4 Å². The number of rotatable bonds is 13. The van der Waals surface area contributed by atoms with Crippen LogP contribution in [0.3, 0.4) is 0 Å². The van der Waals surface area contributed by atoms with E-state index in [1.165, 1.54) is 14.2 Å². The highest BCUT2D eigenvalue weighted by Gasteiger charge is 2.38. The second-order valence-corrected chi connectivity index (χ2v) is 16.0. The monoisotopic (exact) mass is 838 g/mol. The van der Waals surface area contributed by atoms with Crippen molar-refractivity contribution in [2.75, 3.05) is 47.1 Å². The van der Waals surface area contributed by atoms with E-state index >= 15 is 0 Å². The van der Waals surface area contributed by atoms with Crippen LogP contribution in [-0.4, -0.2) is 101 Å². The molecular formula is C47H50N8O7. The minimum absolute atomic E-state index is 0.0188. The molecule has 0 saturated carbocycles. The first-order valence-corrected chi connectivity index (χ1v) is 21.1. The number of carbonyl (C=O) groups is 3. The number of aromatic nitrogens is 4. The van der Waals surface area contributed by atoms with E-state index in [4.69, 9.17) is 29.0 Å². The summed E-state index contributed by atoms with van der Waals surface area (Å²) in [4.78, 5) is 62.7. The van der Waals surface area contributed by atoms with Gasteiger partial charge in [0.25, 0.3) is 5.91 Å². The van der Waals surface area contributed by atoms with Crippen LogP contribution in [0.2, 0.25) is 0 Å². The third-order valence-electron chi connectivity index (χ3n) is 12.2. The predicted molar refractivity (Wildman–Crippen MR) is 231 cm³/mol. The zero-order valence-corrected chi connectivity index (χ0v) is 34.7. The number of hydrogen-bond donors (Lipinski definition) is 4. The molecule has 3 amide bonds. The van der Waals surface area contributed by atoms with Crippen LogP contribution in [0.4, 0.5) is 9.59 Å². The molecule has 0 aliphatic carbocycles. The lowest BCUT2D eigenvalue weighted by Gasteiger charge is -2.34. The van der Waals surface area contributed by atoms with E-state index in [0.29, 0.717) is 37.8 Å². The molecule has 320 valence electrons. The summed E-state index contributed by atoms with van der Waals surface area (Å²) in [5.74, 6) is 1.55. The number of alkyl carbamates (subject to hydrolysis) is 2. The molecule has 15 heteroatoms. The van der Waals surface area contributed by atoms with Crippen LogP contribution in [0, 0.1) is 5.92 Å². The van der Waals surface area contributed by atoms with Gasteiger partial charge in [0.05, 0.1) is 75.9 Å². The summed E-state index contributed by atoms with van der Waals surface area (Å²) in [7, 11) is 2.65. The molecule has 4 aromatic carbocycles. The maximum Gasteiger partial charge on any atom is 0.407 e. The molecule has 3 aliphatic heterocycles. The number of imidazole rings is 2. The van der Waals surface area contributed by atoms with Crippen LogP contribution >= 0.6 is 0 Å². The average Bonchev–Trinajstić information content (AvgIpc) is 4.14. The largest absolute Gasteiger partial charge is 0.453 e. The Morgan fingerprint density at radius 2 is 1.32 bits per heavy atom. The maximum absolute atomic E-state index is 13.9. The fourth-order valence-electron chi connectivity index (χ4n) is 8.67. The Hall–Kier alpha value is -6.55. The number of ether oxygens (including phenoxy) is 3. The van der Waals surface area contributed by atoms with Crippen molar-refractivity contribution in [2.45, 2.75) is 49.9 Å². The number of methoxy groups -OCH3 is 2. The molecule has 62 heavy (non-hydrogen) atoms. The Morgan fingerprint density at radius 3 is 2.02 bits per heavy atom. The summed E-state index contributed by atoms with van der Waals surface area (Å²) in [5.41, 5.74) is 6.71. The number of hydrogen-bond acceptors (Lipinski definition) is 10. The third-order valence-corrected chi connectivity index (χ3v) is 12.2. The summed E-state index contributed by atoms with van der Waals surface area (Å²) in [6.45, 7) is 2.84. The number of carbonyl (C=O) groups excluding carboxylic acids is 3. The first-order chi connectivity index (χ1) is 30.3. The molecular weight excluding hydrogens is 789 g/mol. The molecule has 0 unspecified atom stereocenters. The van der Waals surface area contributed by atoms with Crippen LogP contribution in [0.1, 0.15) is 61.0 Å². The van der Waals surface area contributed by atoms with E-state index in [1.54, 1.807) is 4.90 Å². The van der Waals surface area contributed by atoms with Crippen LogP contribution in [0.15, 0.2) is 103 Å². The Balaban J connectivity index is 0.847. The van der Waals surface area contributed by atoms with E-state index in [2.05, 4.69) is 81.3 Å². The highest BCUT2D eigenvalue weighted by atomic mass is 16.7. The summed E-state index contributed by atoms with van der Waals surface area (Å²) >= 11 is 0. The molecule has 0 spiro atoms. The zero-order chi connectivity index (χ0) is 42.6. The van der Waals surface area contributed by atoms with Gasteiger partial charge in [-0.2, -0.15) is 5.06 Å². The van der Waals surface area contributed by atoms with Gasteiger partial charge in [-0.1, -0.05) is 78.9 Å². The van der Waals surface area contributed by atoms with E-state index in [1.807, 2.05) is 47.8 Å². The zero-order valence-electron chi connectivity index (χ0n) is 34.7. The van der Waals surface area contributed by atoms with Crippen molar-refractivity contribution >= 4 is 28.9 Å². The van der Waals surface area contributed by atoms with Crippen molar-refractivity contribution in [3.8, 4) is 33.6 Å². The maximum atomic E-state index is 13.9. The number of nitrogens with one attached hydrogen (secondary N) is 4. The van der Waals surface area contributed by atoms with Gasteiger partial charge in [-0.15, -0.1) is 0 Å². The number of hydroxylamine groups is 2. The van der Waals surface area contributed by atoms with Crippen molar-refractivity contribution in [3.05, 3.63) is 121 Å². The van der Waals surface area contributed by atoms with Gasteiger partial charge in [-0.25, -0.2) is 19.6 Å². The minimum atomic E-state index is -0.874. The molecule has 0 bridgehead atoms. The summed E-state index contributed by atoms with van der Waals surface area (Å²) in [6.07, 6.45) is 6.04. The molecule has 5 heterocycles. The van der Waals surface area contributed by atoms with Crippen molar-refractivity contribution < 1.29 is 33.4 Å². The second-order valence-electron chi connectivity index (χ2n) is 16.0. The molecule has 3 aliphatic rings. The van der Waals surface area contributed by atoms with Gasteiger partial charge >= 0.3 is 12.2 Å². The number of likely N-dealkylation sites (tertiary alicyclic amines) is 1. The lowest BCUT2D eigenvalue weighted by molar-refractivity contribution is -0.187. The standard InChI is InChI=1S/C47H50N8O7/c1-59-46(57)52-39(36-26-61-27-36)28-62-55-21-7-11-41(55)44-49-25-38(51-44)35-19-18-33-22-32(16-17-34(33)23-35)29-12-14-30(15-13-29)37-24-48-43(50-37)40-10-6-20-54(40)45(56)42(53-47(58)60-2)31-8-4-3-5-9-31/h3-5,8-9,12-19,22-25,36,39-42H,6-7,10-11,20-21,26-28H2,1-2H3,(H,48,50)(H,49,51)(H,52,57)(H,53,58)/t39-,40+,41+,42-/m1/s1. The molecule has 4 N–H and O–H groups in total. The fourth-order valence-corrected chi connectivity index (χ4v) is 8.67. The normalized spacial score (nSPS) is 18.9. The molecule has 4 atom stereocenters. The number of amides is 3. The Bertz CT molecular complexity index is 2520. The molecule has 15 nitrogen and oxygen atoms in total. The van der Waals surface area contributed by atoms with Gasteiger partial charge < -0.3 is 39.7 Å². The van der Waals surface area contributed by atoms with Crippen molar-refractivity contribution in [2.24, 2.45) is 5.92 Å². The van der Waals surface area contributed by atoms with Crippen LogP contribution in [-0.2, 0) is 23.8 Å². The number of benzene rings is 4. The van der Waals surface area contributed by atoms with E-state index in [-0.39, 0.29) is 30.0 Å². The molecule has 3 saturated heterocycles. The molecule has 2 aromatic heterocycles. The summed E-state index contributed by atoms with van der Waals surface area (Å²) < 4.78 is 15.0. The number of nitrogens with zero attached hydrogens (tertiary/aromatic N) is 4.